The fraction of sp³-hybridized carbons (Fsp3) is 0.200. The number of rotatable bonds is 4. The number of hydrogen-bond donors (Lipinski definition) is 3. The van der Waals surface area contributed by atoms with Crippen LogP contribution in [-0.4, -0.2) is 46.5 Å². The lowest BCUT2D eigenvalue weighted by Crippen LogP contribution is -2.37. The highest BCUT2D eigenvalue weighted by molar-refractivity contribution is 6.31. The Morgan fingerprint density at radius 1 is 1.00 bits per heavy atom. The molecule has 1 aromatic heterocycles. The maximum absolute atomic E-state index is 10.1. The second-order valence-corrected chi connectivity index (χ2v) is 6.81. The Labute approximate surface area is 167 Å². The van der Waals surface area contributed by atoms with Crippen molar-refractivity contribution >= 4 is 29.1 Å². The van der Waals surface area contributed by atoms with E-state index in [2.05, 4.69) is 15.3 Å². The maximum atomic E-state index is 10.1. The van der Waals surface area contributed by atoms with Crippen molar-refractivity contribution in [3.05, 3.63) is 53.6 Å². The summed E-state index contributed by atoms with van der Waals surface area (Å²) in [5, 5.41) is 23.6. The van der Waals surface area contributed by atoms with Gasteiger partial charge in [0.1, 0.15) is 17.3 Å². The zero-order valence-corrected chi connectivity index (χ0v) is 15.7. The molecule has 8 heteroatoms. The van der Waals surface area contributed by atoms with E-state index in [1.54, 1.807) is 36.4 Å². The molecule has 144 valence electrons. The van der Waals surface area contributed by atoms with Crippen molar-refractivity contribution in [2.24, 2.45) is 0 Å². The molecule has 1 aliphatic heterocycles. The van der Waals surface area contributed by atoms with Crippen LogP contribution < -0.4 is 10.2 Å². The third kappa shape index (κ3) is 4.11. The summed E-state index contributed by atoms with van der Waals surface area (Å²) in [7, 11) is 0. The van der Waals surface area contributed by atoms with E-state index < -0.39 is 0 Å². The molecule has 0 radical (unpaired) electrons. The van der Waals surface area contributed by atoms with Gasteiger partial charge in [0.25, 0.3) is 0 Å². The lowest BCUT2D eigenvalue weighted by atomic mass is 10.1. The normalized spacial score (nSPS) is 14.1. The van der Waals surface area contributed by atoms with E-state index in [9.17, 15) is 10.2 Å². The molecule has 28 heavy (non-hydrogen) atoms. The minimum absolute atomic E-state index is 0.0647. The smallest absolute Gasteiger partial charge is 0.228 e. The van der Waals surface area contributed by atoms with Gasteiger partial charge in [0.05, 0.1) is 24.6 Å². The van der Waals surface area contributed by atoms with Gasteiger partial charge in [0.15, 0.2) is 0 Å². The summed E-state index contributed by atoms with van der Waals surface area (Å²) in [6.45, 7) is 2.59. The van der Waals surface area contributed by atoms with Crippen molar-refractivity contribution in [1.82, 2.24) is 9.97 Å². The molecule has 0 saturated carbocycles. The first-order valence-corrected chi connectivity index (χ1v) is 9.23. The van der Waals surface area contributed by atoms with Gasteiger partial charge < -0.3 is 25.2 Å². The predicted molar refractivity (Wildman–Crippen MR) is 109 cm³/mol. The molecule has 0 aliphatic carbocycles. The van der Waals surface area contributed by atoms with E-state index in [1.807, 2.05) is 11.0 Å². The molecule has 0 bridgehead atoms. The highest BCUT2D eigenvalue weighted by Crippen LogP contribution is 2.31. The maximum Gasteiger partial charge on any atom is 0.228 e. The summed E-state index contributed by atoms with van der Waals surface area (Å²) in [4.78, 5) is 11.3. The Kier molecular flexibility index (Phi) is 5.18. The zero-order valence-electron chi connectivity index (χ0n) is 15.0. The van der Waals surface area contributed by atoms with Crippen LogP contribution in [0.1, 0.15) is 0 Å². The van der Waals surface area contributed by atoms with Crippen LogP contribution in [0.25, 0.3) is 11.3 Å². The third-order valence-corrected chi connectivity index (χ3v) is 4.61. The van der Waals surface area contributed by atoms with Gasteiger partial charge in [0.2, 0.25) is 5.95 Å². The Morgan fingerprint density at radius 2 is 1.82 bits per heavy atom. The molecule has 2 aromatic carbocycles. The van der Waals surface area contributed by atoms with Gasteiger partial charge in [-0.3, -0.25) is 0 Å². The highest BCUT2D eigenvalue weighted by atomic mass is 35.5. The molecule has 3 N–H and O–H groups in total. The molecule has 0 amide bonds. The first-order chi connectivity index (χ1) is 13.6. The van der Waals surface area contributed by atoms with Gasteiger partial charge in [-0.2, -0.15) is 4.98 Å². The largest absolute Gasteiger partial charge is 0.508 e. The number of morpholine rings is 1. The summed E-state index contributed by atoms with van der Waals surface area (Å²) in [5.41, 5.74) is 1.85. The standard InChI is InChI=1S/C20H19ClN4O3/c21-14-4-5-18(27)17(11-14)22-19-12-16(13-2-1-3-15(26)10-13)23-20(24-19)25-6-8-28-9-7-25/h1-5,10-12,26-27H,6-9H2,(H,22,23,24). The van der Waals surface area contributed by atoms with Gasteiger partial charge >= 0.3 is 0 Å². The molecule has 1 aliphatic rings. The molecular weight excluding hydrogens is 380 g/mol. The quantitative estimate of drug-likeness (QED) is 0.576. The van der Waals surface area contributed by atoms with Crippen molar-refractivity contribution in [1.29, 1.82) is 0 Å². The Balaban J connectivity index is 1.76. The number of ether oxygens (including phenoxy) is 1. The lowest BCUT2D eigenvalue weighted by Gasteiger charge is -2.27. The second kappa shape index (κ2) is 7.92. The van der Waals surface area contributed by atoms with Gasteiger partial charge in [0, 0.05) is 29.7 Å². The average molecular weight is 399 g/mol. The Bertz CT molecular complexity index is 993. The van der Waals surface area contributed by atoms with E-state index in [1.165, 1.54) is 6.07 Å². The number of aromatic nitrogens is 2. The molecule has 4 rings (SSSR count). The first-order valence-electron chi connectivity index (χ1n) is 8.85. The van der Waals surface area contributed by atoms with Crippen LogP contribution in [-0.2, 0) is 4.74 Å². The van der Waals surface area contributed by atoms with Crippen LogP contribution in [0.4, 0.5) is 17.5 Å². The van der Waals surface area contributed by atoms with Crippen LogP contribution >= 0.6 is 11.6 Å². The van der Waals surface area contributed by atoms with Crippen LogP contribution in [0.15, 0.2) is 48.5 Å². The molecule has 0 spiro atoms. The van der Waals surface area contributed by atoms with Crippen LogP contribution in [0.3, 0.4) is 0 Å². The molecule has 0 atom stereocenters. The van der Waals surface area contributed by atoms with Gasteiger partial charge in [-0.05, 0) is 30.3 Å². The van der Waals surface area contributed by atoms with E-state index in [4.69, 9.17) is 16.3 Å². The monoisotopic (exact) mass is 398 g/mol. The number of aromatic hydroxyl groups is 2. The number of phenolic OH excluding ortho intramolecular Hbond substituents is 2. The number of hydrogen-bond acceptors (Lipinski definition) is 7. The number of benzene rings is 2. The van der Waals surface area contributed by atoms with Crippen molar-refractivity contribution in [3.63, 3.8) is 0 Å². The van der Waals surface area contributed by atoms with Crippen LogP contribution in [0.2, 0.25) is 5.02 Å². The SMILES string of the molecule is Oc1cccc(-c2cc(Nc3cc(Cl)ccc3O)nc(N3CCOCC3)n2)c1. The van der Waals surface area contributed by atoms with Crippen molar-refractivity contribution < 1.29 is 14.9 Å². The van der Waals surface area contributed by atoms with E-state index in [-0.39, 0.29) is 11.5 Å². The number of phenols is 2. The highest BCUT2D eigenvalue weighted by Gasteiger charge is 2.17. The number of anilines is 3. The van der Waals surface area contributed by atoms with Crippen molar-refractivity contribution in [2.75, 3.05) is 36.5 Å². The summed E-state index contributed by atoms with van der Waals surface area (Å²) >= 11 is 6.05. The minimum atomic E-state index is 0.0647. The van der Waals surface area contributed by atoms with Gasteiger partial charge in [-0.1, -0.05) is 23.7 Å². The second-order valence-electron chi connectivity index (χ2n) is 6.37. The number of nitrogens with one attached hydrogen (secondary N) is 1. The fourth-order valence-corrected chi connectivity index (χ4v) is 3.13. The first kappa shape index (κ1) is 18.3. The summed E-state index contributed by atoms with van der Waals surface area (Å²) < 4.78 is 5.41. The van der Waals surface area contributed by atoms with Gasteiger partial charge in [-0.15, -0.1) is 0 Å². The van der Waals surface area contributed by atoms with E-state index in [0.29, 0.717) is 54.5 Å². The van der Waals surface area contributed by atoms with Crippen molar-refractivity contribution in [2.45, 2.75) is 0 Å². The molecular formula is C20H19ClN4O3. The summed E-state index contributed by atoms with van der Waals surface area (Å²) in [5.74, 6) is 1.28. The average Bonchev–Trinajstić information content (AvgIpc) is 2.71. The molecule has 7 nitrogen and oxygen atoms in total. The third-order valence-electron chi connectivity index (χ3n) is 4.37. The Hall–Kier alpha value is -3.03. The zero-order chi connectivity index (χ0) is 19.5. The number of nitrogens with zero attached hydrogens (tertiary/aromatic N) is 3. The van der Waals surface area contributed by atoms with E-state index in [0.717, 1.165) is 5.56 Å². The van der Waals surface area contributed by atoms with Crippen molar-refractivity contribution in [3.8, 4) is 22.8 Å². The Morgan fingerprint density at radius 3 is 2.61 bits per heavy atom. The molecule has 1 fully saturated rings. The summed E-state index contributed by atoms with van der Waals surface area (Å²) in [6, 6.07) is 13.4. The topological polar surface area (TPSA) is 90.7 Å². The lowest BCUT2D eigenvalue weighted by molar-refractivity contribution is 0.122. The predicted octanol–water partition coefficient (Wildman–Crippen LogP) is 3.79. The minimum Gasteiger partial charge on any atom is -0.508 e. The van der Waals surface area contributed by atoms with E-state index >= 15 is 0 Å². The molecule has 2 heterocycles. The fourth-order valence-electron chi connectivity index (χ4n) is 2.96. The molecule has 1 saturated heterocycles. The number of halogens is 1. The summed E-state index contributed by atoms with van der Waals surface area (Å²) in [6.07, 6.45) is 0. The molecule has 3 aromatic rings. The van der Waals surface area contributed by atoms with Gasteiger partial charge in [-0.25, -0.2) is 4.98 Å². The molecule has 0 unspecified atom stereocenters. The van der Waals surface area contributed by atoms with Crippen LogP contribution in [0.5, 0.6) is 11.5 Å². The van der Waals surface area contributed by atoms with Crippen LogP contribution in [0, 0.1) is 0 Å².